The van der Waals surface area contributed by atoms with Gasteiger partial charge in [0, 0.05) is 0 Å². The molecule has 0 radical (unpaired) electrons. The summed E-state index contributed by atoms with van der Waals surface area (Å²) < 4.78 is 26.8. The monoisotopic (exact) mass is 406 g/mol. The van der Waals surface area contributed by atoms with Crippen molar-refractivity contribution in [3.8, 4) is 0 Å². The Hall–Kier alpha value is -0.870. The topological polar surface area (TPSA) is 54.4 Å². The van der Waals surface area contributed by atoms with Gasteiger partial charge in [-0.05, 0) is 81.3 Å². The molecule has 2 aliphatic carbocycles. The van der Waals surface area contributed by atoms with Crippen LogP contribution < -0.4 is 0 Å². The number of hydrogen-bond donors (Lipinski definition) is 1. The molecule has 1 N–H and O–H groups in total. The molecule has 3 rings (SSSR count). The summed E-state index contributed by atoms with van der Waals surface area (Å²) in [6.07, 6.45) is 8.13. The van der Waals surface area contributed by atoms with Crippen LogP contribution >= 0.6 is 0 Å². The van der Waals surface area contributed by atoms with Crippen molar-refractivity contribution in [2.75, 3.05) is 0 Å². The van der Waals surface area contributed by atoms with Gasteiger partial charge in [-0.1, -0.05) is 51.3 Å². The van der Waals surface area contributed by atoms with Crippen LogP contribution in [0.25, 0.3) is 0 Å². The fraction of sp³-hybridized carbons (Fsp3) is 0.750. The van der Waals surface area contributed by atoms with Crippen molar-refractivity contribution in [1.82, 2.24) is 0 Å². The molecule has 5 atom stereocenters. The summed E-state index contributed by atoms with van der Waals surface area (Å²) >= 11 is 0. The van der Waals surface area contributed by atoms with Gasteiger partial charge < -0.3 is 5.11 Å². The fourth-order valence-electron chi connectivity index (χ4n) is 6.31. The Morgan fingerprint density at radius 2 is 1.86 bits per heavy atom. The minimum absolute atomic E-state index is 0.124. The number of fused-ring (bicyclic) bond motifs is 1. The maximum absolute atomic E-state index is 13.4. The average molecular weight is 407 g/mol. The minimum atomic E-state index is -3.27. The molecule has 158 valence electrons. The molecule has 1 aromatic carbocycles. The van der Waals surface area contributed by atoms with E-state index in [4.69, 9.17) is 0 Å². The third kappa shape index (κ3) is 4.33. The normalized spacial score (nSPS) is 32.1. The Kier molecular flexibility index (Phi) is 6.32. The van der Waals surface area contributed by atoms with E-state index in [1.165, 1.54) is 0 Å². The van der Waals surface area contributed by atoms with Crippen LogP contribution in [0.1, 0.15) is 79.1 Å². The van der Waals surface area contributed by atoms with Crippen LogP contribution in [-0.2, 0) is 9.84 Å². The number of hydrogen-bond acceptors (Lipinski definition) is 3. The van der Waals surface area contributed by atoms with Crippen molar-refractivity contribution >= 4 is 9.84 Å². The van der Waals surface area contributed by atoms with Crippen molar-refractivity contribution in [2.45, 2.75) is 94.8 Å². The third-order valence-corrected chi connectivity index (χ3v) is 10.0. The van der Waals surface area contributed by atoms with Crippen molar-refractivity contribution in [1.29, 1.82) is 0 Å². The molecule has 2 fully saturated rings. The first kappa shape index (κ1) is 21.8. The van der Waals surface area contributed by atoms with Gasteiger partial charge in [0.1, 0.15) is 0 Å². The SMILES string of the molecule is C[C@@H](CCCC(C)(C)O)[C@@H]1CC[C@@H]2C(S(=O)(=O)c3ccccc3)CCC[C@]21C. The first-order valence-electron chi connectivity index (χ1n) is 11.1. The van der Waals surface area contributed by atoms with Crippen molar-refractivity contribution in [3.63, 3.8) is 0 Å². The Morgan fingerprint density at radius 1 is 1.18 bits per heavy atom. The van der Waals surface area contributed by atoms with Crippen molar-refractivity contribution in [3.05, 3.63) is 30.3 Å². The molecule has 2 aliphatic rings. The summed E-state index contributed by atoms with van der Waals surface area (Å²) in [5.41, 5.74) is -0.472. The summed E-state index contributed by atoms with van der Waals surface area (Å²) in [7, 11) is -3.27. The van der Waals surface area contributed by atoms with E-state index in [-0.39, 0.29) is 16.6 Å². The highest BCUT2D eigenvalue weighted by Crippen LogP contribution is 2.59. The summed E-state index contributed by atoms with van der Waals surface area (Å²) in [5, 5.41) is 9.77. The lowest BCUT2D eigenvalue weighted by Gasteiger charge is -2.46. The van der Waals surface area contributed by atoms with Crippen LogP contribution in [-0.4, -0.2) is 24.4 Å². The van der Waals surface area contributed by atoms with E-state index in [1.807, 2.05) is 32.0 Å². The van der Waals surface area contributed by atoms with Crippen LogP contribution in [0.4, 0.5) is 0 Å². The van der Waals surface area contributed by atoms with Crippen LogP contribution in [0.2, 0.25) is 0 Å². The van der Waals surface area contributed by atoms with Crippen LogP contribution in [0, 0.1) is 23.2 Å². The molecule has 1 aromatic rings. The van der Waals surface area contributed by atoms with Gasteiger partial charge in [-0.2, -0.15) is 0 Å². The molecule has 0 bridgehead atoms. The zero-order valence-electron chi connectivity index (χ0n) is 18.0. The van der Waals surface area contributed by atoms with Gasteiger partial charge in [0.2, 0.25) is 0 Å². The molecule has 3 nitrogen and oxygen atoms in total. The van der Waals surface area contributed by atoms with E-state index in [2.05, 4.69) is 13.8 Å². The highest BCUT2D eigenvalue weighted by atomic mass is 32.2. The standard InChI is InChI=1S/C24H38O3S/c1-18(10-8-16-23(2,3)25)20-14-15-21-22(13-9-17-24(20,21)4)28(26,27)19-11-6-5-7-12-19/h5-7,11-12,18,20-22,25H,8-10,13-17H2,1-4H3/t18-,20-,21+,22?,24-/m0/s1. The number of rotatable bonds is 7. The third-order valence-electron chi connectivity index (χ3n) is 7.74. The molecule has 0 spiro atoms. The second kappa shape index (κ2) is 8.10. The smallest absolute Gasteiger partial charge is 0.181 e. The van der Waals surface area contributed by atoms with E-state index >= 15 is 0 Å². The Morgan fingerprint density at radius 3 is 2.50 bits per heavy atom. The Balaban J connectivity index is 1.76. The van der Waals surface area contributed by atoms with Gasteiger partial charge in [-0.25, -0.2) is 8.42 Å². The maximum atomic E-state index is 13.4. The molecule has 0 aliphatic heterocycles. The van der Waals surface area contributed by atoms with E-state index in [9.17, 15) is 13.5 Å². The quantitative estimate of drug-likeness (QED) is 0.639. The van der Waals surface area contributed by atoms with E-state index < -0.39 is 15.4 Å². The molecular formula is C24H38O3S. The Labute approximate surface area is 171 Å². The second-order valence-corrected chi connectivity index (χ2v) is 12.4. The van der Waals surface area contributed by atoms with Gasteiger partial charge in [-0.3, -0.25) is 0 Å². The van der Waals surface area contributed by atoms with E-state index in [1.54, 1.807) is 12.1 Å². The minimum Gasteiger partial charge on any atom is -0.390 e. The van der Waals surface area contributed by atoms with Crippen LogP contribution in [0.15, 0.2) is 35.2 Å². The molecule has 0 saturated heterocycles. The molecule has 2 saturated carbocycles. The molecule has 4 heteroatoms. The molecule has 0 aromatic heterocycles. The van der Waals surface area contributed by atoms with Crippen LogP contribution in [0.5, 0.6) is 0 Å². The predicted molar refractivity (Wildman–Crippen MR) is 115 cm³/mol. The zero-order valence-corrected chi connectivity index (χ0v) is 18.8. The summed E-state index contributed by atoms with van der Waals surface area (Å²) in [4.78, 5) is 0.492. The lowest BCUT2D eigenvalue weighted by atomic mass is 9.62. The molecular weight excluding hydrogens is 368 g/mol. The Bertz CT molecular complexity index is 750. The summed E-state index contributed by atoms with van der Waals surface area (Å²) in [6.45, 7) is 8.47. The van der Waals surface area contributed by atoms with E-state index in [0.29, 0.717) is 16.7 Å². The second-order valence-electron chi connectivity index (χ2n) is 10.3. The maximum Gasteiger partial charge on any atom is 0.181 e. The zero-order chi connectivity index (χ0) is 20.6. The fourth-order valence-corrected chi connectivity index (χ4v) is 8.55. The highest BCUT2D eigenvalue weighted by molar-refractivity contribution is 7.92. The van der Waals surface area contributed by atoms with Gasteiger partial charge >= 0.3 is 0 Å². The highest BCUT2D eigenvalue weighted by Gasteiger charge is 2.55. The van der Waals surface area contributed by atoms with Gasteiger partial charge in [0.05, 0.1) is 15.7 Å². The van der Waals surface area contributed by atoms with Gasteiger partial charge in [-0.15, -0.1) is 0 Å². The number of benzene rings is 1. The number of sulfone groups is 1. The first-order chi connectivity index (χ1) is 13.1. The molecule has 0 amide bonds. The van der Waals surface area contributed by atoms with E-state index in [0.717, 1.165) is 51.4 Å². The lowest BCUT2D eigenvalue weighted by Crippen LogP contribution is -2.44. The first-order valence-corrected chi connectivity index (χ1v) is 12.6. The lowest BCUT2D eigenvalue weighted by molar-refractivity contribution is 0.0531. The summed E-state index contributed by atoms with van der Waals surface area (Å²) in [5.74, 6) is 1.44. The molecule has 28 heavy (non-hydrogen) atoms. The van der Waals surface area contributed by atoms with Gasteiger partial charge in [0.15, 0.2) is 9.84 Å². The molecule has 0 heterocycles. The van der Waals surface area contributed by atoms with Gasteiger partial charge in [0.25, 0.3) is 0 Å². The van der Waals surface area contributed by atoms with Crippen molar-refractivity contribution < 1.29 is 13.5 Å². The van der Waals surface area contributed by atoms with Crippen molar-refractivity contribution in [2.24, 2.45) is 23.2 Å². The average Bonchev–Trinajstić information content (AvgIpc) is 2.98. The van der Waals surface area contributed by atoms with Crippen LogP contribution in [0.3, 0.4) is 0 Å². The predicted octanol–water partition coefficient (Wildman–Crippen LogP) is 5.62. The molecule has 1 unspecified atom stereocenters. The largest absolute Gasteiger partial charge is 0.390 e. The number of aliphatic hydroxyl groups is 1. The summed E-state index contributed by atoms with van der Waals surface area (Å²) in [6, 6.07) is 9.05.